The topological polar surface area (TPSA) is 59.9 Å². The van der Waals surface area contributed by atoms with Crippen molar-refractivity contribution in [3.63, 3.8) is 0 Å². The molecule has 2 aromatic rings. The lowest BCUT2D eigenvalue weighted by Crippen LogP contribution is -2.24. The number of hydrazone groups is 1. The first-order chi connectivity index (χ1) is 11.1. The number of rotatable bonds is 6. The van der Waals surface area contributed by atoms with Crippen LogP contribution in [0.5, 0.6) is 11.5 Å². The Bertz CT molecular complexity index is 722. The van der Waals surface area contributed by atoms with E-state index in [0.29, 0.717) is 22.1 Å². The third-order valence-corrected chi connectivity index (χ3v) is 3.62. The fraction of sp³-hybridized carbons (Fsp3) is 0.125. The van der Waals surface area contributed by atoms with Crippen LogP contribution in [-0.2, 0) is 4.79 Å². The highest BCUT2D eigenvalue weighted by Gasteiger charge is 2.07. The average Bonchev–Trinajstić information content (AvgIpc) is 2.55. The van der Waals surface area contributed by atoms with Crippen LogP contribution in [0.15, 0.2) is 52.0 Å². The number of halogens is 2. The van der Waals surface area contributed by atoms with Crippen molar-refractivity contribution in [3.8, 4) is 11.5 Å². The molecule has 7 heteroatoms. The van der Waals surface area contributed by atoms with Crippen molar-refractivity contribution in [1.29, 1.82) is 0 Å². The molecule has 1 N–H and O–H groups in total. The Morgan fingerprint density at radius 1 is 1.30 bits per heavy atom. The lowest BCUT2D eigenvalue weighted by Gasteiger charge is -2.10. The fourth-order valence-corrected chi connectivity index (χ4v) is 2.21. The van der Waals surface area contributed by atoms with Gasteiger partial charge in [-0.1, -0.05) is 45.7 Å². The summed E-state index contributed by atoms with van der Waals surface area (Å²) in [5.74, 6) is 0.617. The van der Waals surface area contributed by atoms with E-state index in [9.17, 15) is 4.79 Å². The van der Waals surface area contributed by atoms with Crippen molar-refractivity contribution in [2.24, 2.45) is 5.10 Å². The van der Waals surface area contributed by atoms with Crippen LogP contribution in [-0.4, -0.2) is 25.8 Å². The largest absolute Gasteiger partial charge is 0.493 e. The number of ether oxygens (including phenoxy) is 2. The molecule has 0 aliphatic heterocycles. The normalized spacial score (nSPS) is 10.6. The van der Waals surface area contributed by atoms with Gasteiger partial charge in [0.15, 0.2) is 18.1 Å². The summed E-state index contributed by atoms with van der Waals surface area (Å²) in [6.07, 6.45) is 1.47. The smallest absolute Gasteiger partial charge is 0.277 e. The minimum atomic E-state index is -0.390. The van der Waals surface area contributed by atoms with Gasteiger partial charge in [0.1, 0.15) is 0 Å². The molecular formula is C16H14BrClN2O3. The molecule has 2 rings (SSSR count). The lowest BCUT2D eigenvalue weighted by atomic mass is 10.2. The minimum absolute atomic E-state index is 0.183. The molecule has 23 heavy (non-hydrogen) atoms. The van der Waals surface area contributed by atoms with Gasteiger partial charge in [-0.2, -0.15) is 5.10 Å². The Balaban J connectivity index is 1.87. The van der Waals surface area contributed by atoms with Gasteiger partial charge < -0.3 is 9.47 Å². The monoisotopic (exact) mass is 396 g/mol. The zero-order chi connectivity index (χ0) is 16.7. The molecule has 0 aliphatic rings. The van der Waals surface area contributed by atoms with Gasteiger partial charge in [0.25, 0.3) is 5.91 Å². The number of carbonyl (C=O) groups excluding carboxylic acids is 1. The highest BCUT2D eigenvalue weighted by atomic mass is 79.9. The minimum Gasteiger partial charge on any atom is -0.493 e. The molecule has 2 aromatic carbocycles. The van der Waals surface area contributed by atoms with Crippen molar-refractivity contribution in [2.45, 2.75) is 0 Å². The second kappa shape index (κ2) is 8.55. The summed E-state index contributed by atoms with van der Waals surface area (Å²) in [4.78, 5) is 11.7. The van der Waals surface area contributed by atoms with E-state index >= 15 is 0 Å². The number of carbonyl (C=O) groups is 1. The first-order valence-electron chi connectivity index (χ1n) is 6.63. The summed E-state index contributed by atoms with van der Waals surface area (Å²) in [6, 6.07) is 12.4. The van der Waals surface area contributed by atoms with Gasteiger partial charge in [0.05, 0.1) is 13.3 Å². The number of amides is 1. The molecule has 5 nitrogen and oxygen atoms in total. The van der Waals surface area contributed by atoms with Gasteiger partial charge in [-0.05, 0) is 24.3 Å². The molecule has 0 spiro atoms. The third kappa shape index (κ3) is 5.26. The van der Waals surface area contributed by atoms with Crippen LogP contribution in [0.2, 0.25) is 5.02 Å². The maximum absolute atomic E-state index is 11.7. The zero-order valence-corrected chi connectivity index (χ0v) is 14.6. The van der Waals surface area contributed by atoms with E-state index in [4.69, 9.17) is 21.1 Å². The van der Waals surface area contributed by atoms with Crippen molar-refractivity contribution in [1.82, 2.24) is 5.43 Å². The Morgan fingerprint density at radius 3 is 2.83 bits per heavy atom. The molecule has 0 aliphatic carbocycles. The second-order valence-electron chi connectivity index (χ2n) is 4.40. The van der Waals surface area contributed by atoms with Gasteiger partial charge in [0, 0.05) is 15.1 Å². The van der Waals surface area contributed by atoms with Crippen molar-refractivity contribution in [3.05, 3.63) is 57.5 Å². The van der Waals surface area contributed by atoms with E-state index in [2.05, 4.69) is 26.5 Å². The summed E-state index contributed by atoms with van der Waals surface area (Å²) in [5.41, 5.74) is 3.09. The highest BCUT2D eigenvalue weighted by molar-refractivity contribution is 9.10. The summed E-state index contributed by atoms with van der Waals surface area (Å²) in [5, 5.41) is 4.40. The van der Waals surface area contributed by atoms with E-state index in [1.54, 1.807) is 30.3 Å². The Morgan fingerprint density at radius 2 is 2.09 bits per heavy atom. The number of methoxy groups -OCH3 is 1. The van der Waals surface area contributed by atoms with E-state index in [1.807, 2.05) is 12.1 Å². The third-order valence-electron chi connectivity index (χ3n) is 2.78. The Hall–Kier alpha value is -2.05. The fourth-order valence-electron chi connectivity index (χ4n) is 1.69. The highest BCUT2D eigenvalue weighted by Crippen LogP contribution is 2.29. The molecule has 0 bridgehead atoms. The van der Waals surface area contributed by atoms with Gasteiger partial charge in [-0.15, -0.1) is 0 Å². The lowest BCUT2D eigenvalue weighted by molar-refractivity contribution is -0.123. The predicted molar refractivity (Wildman–Crippen MR) is 93.4 cm³/mol. The quantitative estimate of drug-likeness (QED) is 0.598. The number of hydrogen-bond donors (Lipinski definition) is 1. The van der Waals surface area contributed by atoms with Gasteiger partial charge in [0.2, 0.25) is 0 Å². The number of benzene rings is 2. The van der Waals surface area contributed by atoms with Crippen molar-refractivity contribution >= 4 is 39.7 Å². The van der Waals surface area contributed by atoms with E-state index in [1.165, 1.54) is 13.3 Å². The molecule has 0 radical (unpaired) electrons. The Kier molecular flexibility index (Phi) is 6.43. The molecular weight excluding hydrogens is 384 g/mol. The molecule has 0 fully saturated rings. The average molecular weight is 398 g/mol. The first kappa shape index (κ1) is 17.3. The van der Waals surface area contributed by atoms with Crippen LogP contribution in [0.4, 0.5) is 0 Å². The van der Waals surface area contributed by atoms with E-state index in [0.717, 1.165) is 4.47 Å². The van der Waals surface area contributed by atoms with Gasteiger partial charge in [-0.3, -0.25) is 4.79 Å². The molecule has 120 valence electrons. The van der Waals surface area contributed by atoms with Gasteiger partial charge in [-0.25, -0.2) is 5.43 Å². The maximum Gasteiger partial charge on any atom is 0.277 e. The predicted octanol–water partition coefficient (Wildman–Crippen LogP) is 3.64. The van der Waals surface area contributed by atoms with Crippen LogP contribution in [0.25, 0.3) is 0 Å². The van der Waals surface area contributed by atoms with E-state index in [-0.39, 0.29) is 6.61 Å². The van der Waals surface area contributed by atoms with Crippen LogP contribution in [0.3, 0.4) is 0 Å². The molecule has 0 unspecified atom stereocenters. The zero-order valence-electron chi connectivity index (χ0n) is 12.3. The van der Waals surface area contributed by atoms with Crippen molar-refractivity contribution < 1.29 is 14.3 Å². The standard InChI is InChI=1S/C16H14BrClN2O3/c1-22-15-8-12(17)6-7-14(15)23-10-16(21)20-19-9-11-4-2-3-5-13(11)18/h2-9H,10H2,1H3,(H,20,21). The van der Waals surface area contributed by atoms with Crippen LogP contribution >= 0.6 is 27.5 Å². The summed E-state index contributed by atoms with van der Waals surface area (Å²) in [7, 11) is 1.53. The Labute approximate surface area is 147 Å². The van der Waals surface area contributed by atoms with Crippen LogP contribution in [0.1, 0.15) is 5.56 Å². The summed E-state index contributed by atoms with van der Waals surface area (Å²) >= 11 is 9.32. The molecule has 0 aromatic heterocycles. The molecule has 0 saturated carbocycles. The van der Waals surface area contributed by atoms with E-state index < -0.39 is 5.91 Å². The number of hydrogen-bond acceptors (Lipinski definition) is 4. The number of nitrogens with zero attached hydrogens (tertiary/aromatic N) is 1. The van der Waals surface area contributed by atoms with Crippen LogP contribution < -0.4 is 14.9 Å². The maximum atomic E-state index is 11.7. The number of nitrogens with one attached hydrogen (secondary N) is 1. The second-order valence-corrected chi connectivity index (χ2v) is 5.72. The molecule has 0 heterocycles. The first-order valence-corrected chi connectivity index (χ1v) is 7.80. The van der Waals surface area contributed by atoms with Crippen molar-refractivity contribution in [2.75, 3.05) is 13.7 Å². The molecule has 1 amide bonds. The summed E-state index contributed by atoms with van der Waals surface area (Å²) in [6.45, 7) is -0.183. The van der Waals surface area contributed by atoms with Crippen LogP contribution in [0, 0.1) is 0 Å². The molecule has 0 atom stereocenters. The molecule has 0 saturated heterocycles. The summed E-state index contributed by atoms with van der Waals surface area (Å²) < 4.78 is 11.5. The SMILES string of the molecule is COc1cc(Br)ccc1OCC(=O)NN=Cc1ccccc1Cl. The van der Waals surface area contributed by atoms with Gasteiger partial charge >= 0.3 is 0 Å².